The van der Waals surface area contributed by atoms with Gasteiger partial charge < -0.3 is 14.5 Å². The van der Waals surface area contributed by atoms with Gasteiger partial charge in [-0.3, -0.25) is 4.90 Å². The van der Waals surface area contributed by atoms with Gasteiger partial charge in [0.25, 0.3) is 0 Å². The first-order chi connectivity index (χ1) is 23.4. The van der Waals surface area contributed by atoms with Crippen molar-refractivity contribution in [3.05, 3.63) is 66.3 Å². The normalized spacial score (nSPS) is 17.1. The monoisotopic (exact) mass is 733 g/mol. The third-order valence-corrected chi connectivity index (χ3v) is 12.9. The number of benzene rings is 1. The number of likely N-dealkylation sites (tertiary alicyclic amines) is 1. The molecule has 0 atom stereocenters. The van der Waals surface area contributed by atoms with Gasteiger partial charge in [0.05, 0.1) is 13.1 Å². The van der Waals surface area contributed by atoms with E-state index in [1.807, 2.05) is 30.6 Å². The Hall–Kier alpha value is -3.51. The molecule has 0 radical (unpaired) electrons. The van der Waals surface area contributed by atoms with Gasteiger partial charge in [0.15, 0.2) is 0 Å². The highest BCUT2D eigenvalue weighted by Crippen LogP contribution is 2.42. The van der Waals surface area contributed by atoms with Crippen LogP contribution in [0.4, 0.5) is 10.5 Å². The maximum atomic E-state index is 13.0. The van der Waals surface area contributed by atoms with Crippen molar-refractivity contribution >= 4 is 32.2 Å². The molecule has 3 aromatic rings. The summed E-state index contributed by atoms with van der Waals surface area (Å²) in [6, 6.07) is 8.50. The lowest BCUT2D eigenvalue weighted by Gasteiger charge is -2.39. The molecule has 0 saturated carbocycles. The van der Waals surface area contributed by atoms with Crippen LogP contribution in [-0.2, 0) is 44.7 Å². The molecule has 1 amide bonds. The Labute approximate surface area is 296 Å². The Morgan fingerprint density at radius 2 is 1.32 bits per heavy atom. The summed E-state index contributed by atoms with van der Waals surface area (Å²) in [7, 11) is -1.78. The first kappa shape index (κ1) is 37.7. The van der Waals surface area contributed by atoms with Crippen LogP contribution >= 0.6 is 0 Å². The summed E-state index contributed by atoms with van der Waals surface area (Å²) in [4.78, 5) is 27.5. The van der Waals surface area contributed by atoms with Crippen LogP contribution in [0.3, 0.4) is 0 Å². The van der Waals surface area contributed by atoms with Crippen LogP contribution in [0.15, 0.2) is 49.1 Å². The number of nitrogens with zero attached hydrogens (tertiary/aromatic N) is 9. The predicted molar refractivity (Wildman–Crippen MR) is 191 cm³/mol. The lowest BCUT2D eigenvalue weighted by atomic mass is 9.78. The number of hydrogen-bond donors (Lipinski definition) is 0. The molecule has 0 bridgehead atoms. The fraction of sp³-hybridized carbons (Fsp3) is 0.606. The second kappa shape index (κ2) is 14.6. The summed E-state index contributed by atoms with van der Waals surface area (Å²) in [6.45, 7) is 9.79. The molecule has 276 valence electrons. The Bertz CT molecular complexity index is 1760. The Balaban J connectivity index is 1.26. The Morgan fingerprint density at radius 3 is 1.80 bits per heavy atom. The number of carbonyl (C=O) groups excluding carboxylic acids is 1. The molecular formula is C33H51N9O6S2. The molecular weight excluding hydrogens is 683 g/mol. The minimum atomic E-state index is -3.81. The second-order valence-electron chi connectivity index (χ2n) is 14.6. The van der Waals surface area contributed by atoms with Gasteiger partial charge in [-0.15, -0.1) is 0 Å². The maximum absolute atomic E-state index is 13.0. The molecule has 2 aliphatic rings. The van der Waals surface area contributed by atoms with Crippen LogP contribution in [0.1, 0.15) is 57.2 Å². The highest BCUT2D eigenvalue weighted by molar-refractivity contribution is 7.87. The average molecular weight is 734 g/mol. The van der Waals surface area contributed by atoms with Crippen molar-refractivity contribution in [3.63, 3.8) is 0 Å². The minimum Gasteiger partial charge on any atom is -0.444 e. The highest BCUT2D eigenvalue weighted by Gasteiger charge is 2.42. The number of rotatable bonds is 12. The zero-order chi connectivity index (χ0) is 36.5. The van der Waals surface area contributed by atoms with Gasteiger partial charge in [-0.1, -0.05) is 12.1 Å². The number of aromatic nitrogens is 4. The van der Waals surface area contributed by atoms with Gasteiger partial charge in [0.2, 0.25) is 0 Å². The number of carbonyl (C=O) groups is 1. The van der Waals surface area contributed by atoms with Gasteiger partial charge in [0.1, 0.15) is 17.2 Å². The molecule has 0 unspecified atom stereocenters. The standard InChI is InChI=1S/C33H51N9O6S2/c1-32(2,3)48-31(43)39-19-13-33(14-20-39)15-21-40(26-33)28-10-8-27(9-11-28)12-18-38(24-29-34-16-22-41(29)49(44,45)36(4)5)25-30-35-17-23-42(30)50(46,47)37(6)7/h8-11,16-17,22-23H,12-15,18-21,24-26H2,1-7H3. The van der Waals surface area contributed by atoms with Crippen molar-refractivity contribution < 1.29 is 26.4 Å². The van der Waals surface area contributed by atoms with Crippen LogP contribution in [0.5, 0.6) is 0 Å². The van der Waals surface area contributed by atoms with Gasteiger partial charge in [-0.2, -0.15) is 25.4 Å². The summed E-state index contributed by atoms with van der Waals surface area (Å²) in [5, 5.41) is 0. The molecule has 4 heterocycles. The number of piperidine rings is 1. The lowest BCUT2D eigenvalue weighted by molar-refractivity contribution is 0.0122. The molecule has 1 spiro atoms. The molecule has 0 aliphatic carbocycles. The van der Waals surface area contributed by atoms with Crippen LogP contribution in [0.25, 0.3) is 0 Å². The maximum Gasteiger partial charge on any atom is 0.410 e. The van der Waals surface area contributed by atoms with Crippen LogP contribution in [0.2, 0.25) is 0 Å². The Morgan fingerprint density at radius 1 is 0.820 bits per heavy atom. The van der Waals surface area contributed by atoms with Crippen molar-refractivity contribution in [2.75, 3.05) is 65.8 Å². The van der Waals surface area contributed by atoms with E-state index < -0.39 is 26.0 Å². The van der Waals surface area contributed by atoms with E-state index in [-0.39, 0.29) is 24.6 Å². The molecule has 1 aromatic carbocycles. The quantitative estimate of drug-likeness (QED) is 0.272. The molecule has 2 fully saturated rings. The fourth-order valence-corrected chi connectivity index (χ4v) is 8.33. The van der Waals surface area contributed by atoms with Crippen molar-refractivity contribution in [2.24, 2.45) is 5.41 Å². The topological polar surface area (TPSA) is 146 Å². The largest absolute Gasteiger partial charge is 0.444 e. The summed E-state index contributed by atoms with van der Waals surface area (Å²) in [6.07, 6.45) is 9.10. The molecule has 5 rings (SSSR count). The molecule has 50 heavy (non-hydrogen) atoms. The van der Waals surface area contributed by atoms with Crippen molar-refractivity contribution in [1.29, 1.82) is 0 Å². The molecule has 17 heteroatoms. The second-order valence-corrected chi connectivity index (χ2v) is 18.7. The van der Waals surface area contributed by atoms with Crippen molar-refractivity contribution in [2.45, 2.75) is 65.1 Å². The fourth-order valence-electron chi connectivity index (χ4n) is 6.47. The van der Waals surface area contributed by atoms with E-state index in [9.17, 15) is 21.6 Å². The van der Waals surface area contributed by atoms with E-state index in [0.717, 1.165) is 60.2 Å². The molecule has 2 aliphatic heterocycles. The molecule has 2 saturated heterocycles. The van der Waals surface area contributed by atoms with Crippen molar-refractivity contribution in [1.82, 2.24) is 36.3 Å². The summed E-state index contributed by atoms with van der Waals surface area (Å²) in [5.41, 5.74) is 1.93. The van der Waals surface area contributed by atoms with Crippen molar-refractivity contribution in [3.8, 4) is 0 Å². The van der Waals surface area contributed by atoms with E-state index in [0.29, 0.717) is 37.7 Å². The summed E-state index contributed by atoms with van der Waals surface area (Å²) >= 11 is 0. The first-order valence-electron chi connectivity index (χ1n) is 16.8. The van der Waals surface area contributed by atoms with Gasteiger partial charge in [0, 0.05) is 91.4 Å². The van der Waals surface area contributed by atoms with Crippen LogP contribution < -0.4 is 4.90 Å². The van der Waals surface area contributed by atoms with Crippen LogP contribution in [0, 0.1) is 5.41 Å². The first-order valence-corrected chi connectivity index (χ1v) is 19.6. The average Bonchev–Trinajstić information content (AvgIpc) is 3.81. The van der Waals surface area contributed by atoms with E-state index in [1.165, 1.54) is 53.0 Å². The van der Waals surface area contributed by atoms with E-state index in [4.69, 9.17) is 4.74 Å². The number of ether oxygens (including phenoxy) is 1. The van der Waals surface area contributed by atoms with Crippen LogP contribution in [-0.4, -0.2) is 126 Å². The minimum absolute atomic E-state index is 0.147. The van der Waals surface area contributed by atoms with E-state index >= 15 is 0 Å². The third kappa shape index (κ3) is 8.50. The van der Waals surface area contributed by atoms with E-state index in [1.54, 1.807) is 0 Å². The van der Waals surface area contributed by atoms with Gasteiger partial charge >= 0.3 is 26.5 Å². The number of imidazole rings is 2. The van der Waals surface area contributed by atoms with Gasteiger partial charge in [-0.05, 0) is 69.6 Å². The molecule has 2 aromatic heterocycles. The predicted octanol–water partition coefficient (Wildman–Crippen LogP) is 2.86. The zero-order valence-corrected chi connectivity index (χ0v) is 31.8. The lowest BCUT2D eigenvalue weighted by Crippen LogP contribution is -2.46. The Kier molecular flexibility index (Phi) is 11.0. The summed E-state index contributed by atoms with van der Waals surface area (Å²) < 4.78 is 62.0. The number of amides is 1. The highest BCUT2D eigenvalue weighted by atomic mass is 32.2. The van der Waals surface area contributed by atoms with Gasteiger partial charge in [-0.25, -0.2) is 22.7 Å². The third-order valence-electron chi connectivity index (χ3n) is 9.44. The molecule has 15 nitrogen and oxygen atoms in total. The van der Waals surface area contributed by atoms with E-state index in [2.05, 4.69) is 39.1 Å². The smallest absolute Gasteiger partial charge is 0.410 e. The number of anilines is 1. The number of hydrogen-bond acceptors (Lipinski definition) is 10. The SMILES string of the molecule is CN(C)S(=O)(=O)n1ccnc1CN(CCc1ccc(N2CCC3(CCN(C(=O)OC(C)(C)C)CC3)C2)cc1)Cc1nccn1S(=O)(=O)N(C)C. The zero-order valence-electron chi connectivity index (χ0n) is 30.2. The molecule has 0 N–H and O–H groups in total. The summed E-state index contributed by atoms with van der Waals surface area (Å²) in [5.74, 6) is 0.616.